The van der Waals surface area contributed by atoms with Gasteiger partial charge in [0, 0.05) is 19.0 Å². The van der Waals surface area contributed by atoms with Gasteiger partial charge in [0.1, 0.15) is 0 Å². The lowest BCUT2D eigenvalue weighted by Gasteiger charge is -2.32. The van der Waals surface area contributed by atoms with Crippen molar-refractivity contribution in [3.05, 3.63) is 35.7 Å². The number of carboxylic acids is 1. The maximum Gasteiger partial charge on any atom is 0.306 e. The van der Waals surface area contributed by atoms with Gasteiger partial charge < -0.3 is 19.3 Å². The van der Waals surface area contributed by atoms with E-state index in [1.54, 1.807) is 29.2 Å². The molecule has 0 bridgehead atoms. The van der Waals surface area contributed by atoms with E-state index >= 15 is 0 Å². The zero-order chi connectivity index (χ0) is 18.7. The zero-order valence-corrected chi connectivity index (χ0v) is 14.7. The summed E-state index contributed by atoms with van der Waals surface area (Å²) in [5.41, 5.74) is 1.01. The molecular weight excluding hydrogens is 338 g/mol. The van der Waals surface area contributed by atoms with Gasteiger partial charge in [-0.3, -0.25) is 9.59 Å². The van der Waals surface area contributed by atoms with Crippen LogP contribution in [-0.2, 0) is 9.53 Å². The lowest BCUT2D eigenvalue weighted by molar-refractivity contribution is -0.141. The molecular formula is C18H21N3O5. The molecule has 2 heterocycles. The SMILES string of the molecule is CC(C)c1noc(-c2ccccc2C(=O)N2CCO[C@H](CC(=O)O)C2)n1. The molecule has 1 aliphatic heterocycles. The van der Waals surface area contributed by atoms with E-state index in [4.69, 9.17) is 14.4 Å². The summed E-state index contributed by atoms with van der Waals surface area (Å²) in [6, 6.07) is 7.04. The Kier molecular flexibility index (Phi) is 5.32. The number of nitrogens with zero attached hydrogens (tertiary/aromatic N) is 3. The Balaban J connectivity index is 1.84. The van der Waals surface area contributed by atoms with Gasteiger partial charge >= 0.3 is 5.97 Å². The van der Waals surface area contributed by atoms with Gasteiger partial charge in [0.05, 0.1) is 30.3 Å². The summed E-state index contributed by atoms with van der Waals surface area (Å²) in [4.78, 5) is 29.9. The average Bonchev–Trinajstić information content (AvgIpc) is 3.11. The first-order chi connectivity index (χ1) is 12.5. The second-order valence-electron chi connectivity index (χ2n) is 6.50. The molecule has 0 aliphatic carbocycles. The van der Waals surface area contributed by atoms with Gasteiger partial charge in [0.25, 0.3) is 11.8 Å². The van der Waals surface area contributed by atoms with E-state index in [0.29, 0.717) is 36.0 Å². The highest BCUT2D eigenvalue weighted by Gasteiger charge is 2.28. The number of hydrogen-bond acceptors (Lipinski definition) is 6. The summed E-state index contributed by atoms with van der Waals surface area (Å²) < 4.78 is 10.8. The van der Waals surface area contributed by atoms with Crippen LogP contribution in [0.1, 0.15) is 42.4 Å². The molecule has 0 saturated carbocycles. The molecule has 2 aromatic rings. The minimum atomic E-state index is -0.947. The third kappa shape index (κ3) is 3.91. The first-order valence-corrected chi connectivity index (χ1v) is 8.51. The molecule has 26 heavy (non-hydrogen) atoms. The van der Waals surface area contributed by atoms with Crippen molar-refractivity contribution in [2.75, 3.05) is 19.7 Å². The van der Waals surface area contributed by atoms with Crippen molar-refractivity contribution in [1.82, 2.24) is 15.0 Å². The number of amides is 1. The Morgan fingerprint density at radius 1 is 1.35 bits per heavy atom. The predicted molar refractivity (Wildman–Crippen MR) is 91.7 cm³/mol. The number of rotatable bonds is 5. The van der Waals surface area contributed by atoms with Crippen molar-refractivity contribution >= 4 is 11.9 Å². The molecule has 1 aromatic heterocycles. The quantitative estimate of drug-likeness (QED) is 0.872. The van der Waals surface area contributed by atoms with Crippen LogP contribution in [0.2, 0.25) is 0 Å². The predicted octanol–water partition coefficient (Wildman–Crippen LogP) is 2.18. The van der Waals surface area contributed by atoms with Crippen LogP contribution < -0.4 is 0 Å². The Morgan fingerprint density at radius 3 is 2.81 bits per heavy atom. The van der Waals surface area contributed by atoms with Gasteiger partial charge in [0.15, 0.2) is 5.82 Å². The van der Waals surface area contributed by atoms with E-state index in [-0.39, 0.29) is 24.8 Å². The standard InChI is InChI=1S/C18H21N3O5/c1-11(2)16-19-17(26-20-16)13-5-3-4-6-14(13)18(24)21-7-8-25-12(10-21)9-15(22)23/h3-6,11-12H,7-10H2,1-2H3,(H,22,23)/t12-/m1/s1. The van der Waals surface area contributed by atoms with Crippen molar-refractivity contribution in [3.8, 4) is 11.5 Å². The van der Waals surface area contributed by atoms with E-state index < -0.39 is 12.1 Å². The highest BCUT2D eigenvalue weighted by Crippen LogP contribution is 2.25. The van der Waals surface area contributed by atoms with Crippen LogP contribution in [0.5, 0.6) is 0 Å². The van der Waals surface area contributed by atoms with Crippen LogP contribution in [0, 0.1) is 0 Å². The monoisotopic (exact) mass is 359 g/mol. The molecule has 0 spiro atoms. The van der Waals surface area contributed by atoms with Crippen LogP contribution >= 0.6 is 0 Å². The van der Waals surface area contributed by atoms with Gasteiger partial charge in [-0.2, -0.15) is 4.98 Å². The number of carbonyl (C=O) groups is 2. The van der Waals surface area contributed by atoms with Crippen molar-refractivity contribution in [2.45, 2.75) is 32.3 Å². The summed E-state index contributed by atoms with van der Waals surface area (Å²) in [6.45, 7) is 4.87. The maximum absolute atomic E-state index is 13.0. The van der Waals surface area contributed by atoms with Crippen LogP contribution in [0.3, 0.4) is 0 Å². The van der Waals surface area contributed by atoms with Gasteiger partial charge in [-0.15, -0.1) is 0 Å². The molecule has 8 heteroatoms. The van der Waals surface area contributed by atoms with E-state index in [1.807, 2.05) is 13.8 Å². The van der Waals surface area contributed by atoms with E-state index in [0.717, 1.165) is 0 Å². The molecule has 1 saturated heterocycles. The molecule has 8 nitrogen and oxygen atoms in total. The molecule has 0 radical (unpaired) electrons. The fourth-order valence-corrected chi connectivity index (χ4v) is 2.83. The fourth-order valence-electron chi connectivity index (χ4n) is 2.83. The number of carbonyl (C=O) groups excluding carboxylic acids is 1. The topological polar surface area (TPSA) is 106 Å². The maximum atomic E-state index is 13.0. The molecule has 1 amide bonds. The summed E-state index contributed by atoms with van der Waals surface area (Å²) >= 11 is 0. The molecule has 1 aromatic carbocycles. The summed E-state index contributed by atoms with van der Waals surface area (Å²) in [7, 11) is 0. The molecule has 1 atom stereocenters. The van der Waals surface area contributed by atoms with E-state index in [2.05, 4.69) is 10.1 Å². The smallest absolute Gasteiger partial charge is 0.306 e. The summed E-state index contributed by atoms with van der Waals surface area (Å²) in [6.07, 6.45) is -0.638. The molecule has 138 valence electrons. The lowest BCUT2D eigenvalue weighted by Crippen LogP contribution is -2.46. The average molecular weight is 359 g/mol. The second-order valence-corrected chi connectivity index (χ2v) is 6.50. The lowest BCUT2D eigenvalue weighted by atomic mass is 10.1. The highest BCUT2D eigenvalue weighted by molar-refractivity contribution is 6.00. The van der Waals surface area contributed by atoms with Crippen molar-refractivity contribution in [1.29, 1.82) is 0 Å². The van der Waals surface area contributed by atoms with Gasteiger partial charge in [0.2, 0.25) is 0 Å². The number of morpholine rings is 1. The van der Waals surface area contributed by atoms with Crippen molar-refractivity contribution < 1.29 is 24.0 Å². The van der Waals surface area contributed by atoms with Crippen molar-refractivity contribution in [2.24, 2.45) is 0 Å². The minimum absolute atomic E-state index is 0.117. The van der Waals surface area contributed by atoms with E-state index in [9.17, 15) is 9.59 Å². The van der Waals surface area contributed by atoms with Gasteiger partial charge in [-0.05, 0) is 12.1 Å². The van der Waals surface area contributed by atoms with Crippen LogP contribution in [-0.4, -0.2) is 57.8 Å². The molecule has 1 N–H and O–H groups in total. The first-order valence-electron chi connectivity index (χ1n) is 8.51. The Bertz CT molecular complexity index is 802. The largest absolute Gasteiger partial charge is 0.481 e. The van der Waals surface area contributed by atoms with Crippen LogP contribution in [0.25, 0.3) is 11.5 Å². The Hall–Kier alpha value is -2.74. The minimum Gasteiger partial charge on any atom is -0.481 e. The van der Waals surface area contributed by atoms with Crippen LogP contribution in [0.4, 0.5) is 0 Å². The fraction of sp³-hybridized carbons (Fsp3) is 0.444. The number of ether oxygens (including phenoxy) is 1. The third-order valence-corrected chi connectivity index (χ3v) is 4.17. The first kappa shape index (κ1) is 18.1. The number of hydrogen-bond donors (Lipinski definition) is 1. The van der Waals surface area contributed by atoms with Gasteiger partial charge in [-0.1, -0.05) is 31.1 Å². The number of aromatic nitrogens is 2. The number of carboxylic acid groups (broad SMARTS) is 1. The van der Waals surface area contributed by atoms with Gasteiger partial charge in [-0.25, -0.2) is 0 Å². The molecule has 1 aliphatic rings. The van der Waals surface area contributed by atoms with Crippen LogP contribution in [0.15, 0.2) is 28.8 Å². The second kappa shape index (κ2) is 7.65. The number of aliphatic carboxylic acids is 1. The molecule has 1 fully saturated rings. The number of benzene rings is 1. The highest BCUT2D eigenvalue weighted by atomic mass is 16.5. The Morgan fingerprint density at radius 2 is 2.12 bits per heavy atom. The zero-order valence-electron chi connectivity index (χ0n) is 14.7. The molecule has 0 unspecified atom stereocenters. The normalized spacial score (nSPS) is 17.5. The summed E-state index contributed by atoms with van der Waals surface area (Å²) in [5.74, 6) is -0.158. The summed E-state index contributed by atoms with van der Waals surface area (Å²) in [5, 5.41) is 12.9. The van der Waals surface area contributed by atoms with Crippen molar-refractivity contribution in [3.63, 3.8) is 0 Å². The molecule has 3 rings (SSSR count). The Labute approximate surface area is 150 Å². The van der Waals surface area contributed by atoms with E-state index in [1.165, 1.54) is 0 Å². The third-order valence-electron chi connectivity index (χ3n) is 4.17.